The fourth-order valence-electron chi connectivity index (χ4n) is 0.823. The van der Waals surface area contributed by atoms with Crippen molar-refractivity contribution in [1.29, 1.82) is 0 Å². The molecule has 0 aromatic heterocycles. The molecule has 0 rings (SSSR count). The van der Waals surface area contributed by atoms with E-state index in [0.29, 0.717) is 0 Å². The molecule has 6 nitrogen and oxygen atoms in total. The zero-order chi connectivity index (χ0) is 10.4. The summed E-state index contributed by atoms with van der Waals surface area (Å²) in [6.45, 7) is 0. The van der Waals surface area contributed by atoms with Gasteiger partial charge in [0.1, 0.15) is 6.04 Å². The van der Waals surface area contributed by atoms with Crippen LogP contribution in [-0.2, 0) is 9.59 Å². The Morgan fingerprint density at radius 1 is 1.38 bits per heavy atom. The number of carboxylic acid groups (broad SMARTS) is 2. The standard InChI is InChI=1S/C7H14N2O4/c1-9(2)8-5(7(12)13)3-4-6(10)11/h5,8H,3-4H2,1-2H3,(H,10,11)(H,12,13). The molecule has 0 fully saturated rings. The average molecular weight is 190 g/mol. The van der Waals surface area contributed by atoms with Gasteiger partial charge in [0, 0.05) is 20.5 Å². The number of nitrogens with one attached hydrogen (secondary N) is 1. The van der Waals surface area contributed by atoms with Crippen LogP contribution < -0.4 is 5.43 Å². The van der Waals surface area contributed by atoms with Gasteiger partial charge in [-0.25, -0.2) is 10.4 Å². The van der Waals surface area contributed by atoms with Crippen molar-refractivity contribution in [3.63, 3.8) is 0 Å². The van der Waals surface area contributed by atoms with E-state index >= 15 is 0 Å². The molecule has 0 aliphatic rings. The summed E-state index contributed by atoms with van der Waals surface area (Å²) in [6.07, 6.45) is -0.0827. The molecule has 6 heteroatoms. The third-order valence-electron chi connectivity index (χ3n) is 1.36. The van der Waals surface area contributed by atoms with Crippen molar-refractivity contribution in [1.82, 2.24) is 10.4 Å². The summed E-state index contributed by atoms with van der Waals surface area (Å²) in [5, 5.41) is 18.5. The van der Waals surface area contributed by atoms with Gasteiger partial charge in [-0.3, -0.25) is 9.59 Å². The molecule has 1 unspecified atom stereocenters. The average Bonchev–Trinajstić information content (AvgIpc) is 1.96. The van der Waals surface area contributed by atoms with Crippen LogP contribution in [0.5, 0.6) is 0 Å². The van der Waals surface area contributed by atoms with E-state index in [1.54, 1.807) is 14.1 Å². The lowest BCUT2D eigenvalue weighted by molar-refractivity contribution is -0.142. The van der Waals surface area contributed by atoms with Crippen molar-refractivity contribution in [2.75, 3.05) is 14.1 Å². The van der Waals surface area contributed by atoms with Crippen LogP contribution in [-0.4, -0.2) is 47.3 Å². The molecule has 0 bridgehead atoms. The van der Waals surface area contributed by atoms with Gasteiger partial charge in [0.25, 0.3) is 0 Å². The molecule has 0 heterocycles. The van der Waals surface area contributed by atoms with Gasteiger partial charge < -0.3 is 10.2 Å². The lowest BCUT2D eigenvalue weighted by atomic mass is 10.2. The van der Waals surface area contributed by atoms with Crippen LogP contribution in [0.15, 0.2) is 0 Å². The van der Waals surface area contributed by atoms with E-state index < -0.39 is 18.0 Å². The molecule has 0 amide bonds. The number of carbonyl (C=O) groups is 2. The Balaban J connectivity index is 3.95. The van der Waals surface area contributed by atoms with E-state index in [-0.39, 0.29) is 12.8 Å². The van der Waals surface area contributed by atoms with Gasteiger partial charge in [-0.05, 0) is 6.42 Å². The van der Waals surface area contributed by atoms with Gasteiger partial charge in [-0.15, -0.1) is 0 Å². The molecule has 0 radical (unpaired) electrons. The van der Waals surface area contributed by atoms with Crippen LogP contribution in [0.4, 0.5) is 0 Å². The van der Waals surface area contributed by atoms with E-state index in [9.17, 15) is 9.59 Å². The predicted molar refractivity (Wildman–Crippen MR) is 45.1 cm³/mol. The molecule has 0 aromatic carbocycles. The lowest BCUT2D eigenvalue weighted by Crippen LogP contribution is -2.44. The van der Waals surface area contributed by atoms with E-state index in [1.165, 1.54) is 5.01 Å². The highest BCUT2D eigenvalue weighted by Crippen LogP contribution is 1.97. The third kappa shape index (κ3) is 6.06. The topological polar surface area (TPSA) is 89.9 Å². The first-order valence-corrected chi connectivity index (χ1v) is 3.81. The van der Waals surface area contributed by atoms with Gasteiger partial charge in [-0.1, -0.05) is 0 Å². The Morgan fingerprint density at radius 3 is 2.23 bits per heavy atom. The largest absolute Gasteiger partial charge is 0.481 e. The van der Waals surface area contributed by atoms with Crippen LogP contribution >= 0.6 is 0 Å². The predicted octanol–water partition coefficient (Wildman–Crippen LogP) is -0.629. The van der Waals surface area contributed by atoms with E-state index in [0.717, 1.165) is 0 Å². The molecular weight excluding hydrogens is 176 g/mol. The highest BCUT2D eigenvalue weighted by Gasteiger charge is 2.18. The lowest BCUT2D eigenvalue weighted by Gasteiger charge is -2.18. The maximum Gasteiger partial charge on any atom is 0.322 e. The third-order valence-corrected chi connectivity index (χ3v) is 1.36. The summed E-state index contributed by atoms with van der Waals surface area (Å²) in [4.78, 5) is 20.7. The number of carboxylic acids is 2. The molecule has 0 aromatic rings. The number of rotatable bonds is 6. The van der Waals surface area contributed by atoms with Gasteiger partial charge >= 0.3 is 11.9 Å². The van der Waals surface area contributed by atoms with Crippen molar-refractivity contribution in [3.05, 3.63) is 0 Å². The van der Waals surface area contributed by atoms with E-state index in [1.807, 2.05) is 0 Å². The first kappa shape index (κ1) is 11.9. The smallest absolute Gasteiger partial charge is 0.322 e. The minimum absolute atomic E-state index is 0.0723. The number of hydrogen-bond donors (Lipinski definition) is 3. The Kier molecular flexibility index (Phi) is 5.01. The van der Waals surface area contributed by atoms with Crippen molar-refractivity contribution in [2.24, 2.45) is 0 Å². The molecule has 0 aliphatic heterocycles. The molecule has 0 spiro atoms. The van der Waals surface area contributed by atoms with Crippen molar-refractivity contribution in [3.8, 4) is 0 Å². The van der Waals surface area contributed by atoms with Crippen LogP contribution in [0.2, 0.25) is 0 Å². The quantitative estimate of drug-likeness (QED) is 0.483. The Morgan fingerprint density at radius 2 is 1.92 bits per heavy atom. The second kappa shape index (κ2) is 5.50. The summed E-state index contributed by atoms with van der Waals surface area (Å²) in [5.74, 6) is -2.04. The molecular formula is C7H14N2O4. The van der Waals surface area contributed by atoms with Crippen LogP contribution in [0.25, 0.3) is 0 Å². The second-order valence-corrected chi connectivity index (χ2v) is 2.85. The minimum atomic E-state index is -1.05. The SMILES string of the molecule is CN(C)NC(CCC(=O)O)C(=O)O. The monoisotopic (exact) mass is 190 g/mol. The Hall–Kier alpha value is -1.14. The fourth-order valence-corrected chi connectivity index (χ4v) is 0.823. The first-order chi connectivity index (χ1) is 5.93. The number of aliphatic carboxylic acids is 2. The highest BCUT2D eigenvalue weighted by molar-refractivity contribution is 5.74. The molecule has 13 heavy (non-hydrogen) atoms. The van der Waals surface area contributed by atoms with Crippen LogP contribution in [0.3, 0.4) is 0 Å². The zero-order valence-electron chi connectivity index (χ0n) is 7.65. The Bertz CT molecular complexity index is 193. The number of hydrazine groups is 1. The second-order valence-electron chi connectivity index (χ2n) is 2.85. The van der Waals surface area contributed by atoms with Gasteiger partial charge in [-0.2, -0.15) is 0 Å². The Labute approximate surface area is 76.1 Å². The molecule has 0 saturated heterocycles. The zero-order valence-corrected chi connectivity index (χ0v) is 7.65. The van der Waals surface area contributed by atoms with E-state index in [2.05, 4.69) is 5.43 Å². The molecule has 0 aliphatic carbocycles. The summed E-state index contributed by atoms with van der Waals surface area (Å²) < 4.78 is 0. The van der Waals surface area contributed by atoms with Crippen molar-refractivity contribution in [2.45, 2.75) is 18.9 Å². The van der Waals surface area contributed by atoms with Crippen molar-refractivity contribution < 1.29 is 19.8 Å². The molecule has 1 atom stereocenters. The van der Waals surface area contributed by atoms with Gasteiger partial charge in [0.2, 0.25) is 0 Å². The number of hydrogen-bond acceptors (Lipinski definition) is 4. The van der Waals surface area contributed by atoms with E-state index in [4.69, 9.17) is 10.2 Å². The maximum absolute atomic E-state index is 10.6. The van der Waals surface area contributed by atoms with Gasteiger partial charge in [0.05, 0.1) is 0 Å². The van der Waals surface area contributed by atoms with Gasteiger partial charge in [0.15, 0.2) is 0 Å². The number of nitrogens with zero attached hydrogens (tertiary/aromatic N) is 1. The van der Waals surface area contributed by atoms with Crippen LogP contribution in [0.1, 0.15) is 12.8 Å². The normalized spacial score (nSPS) is 12.8. The van der Waals surface area contributed by atoms with Crippen LogP contribution in [0, 0.1) is 0 Å². The summed E-state index contributed by atoms with van der Waals surface area (Å²) in [6, 6.07) is -0.842. The maximum atomic E-state index is 10.6. The summed E-state index contributed by atoms with van der Waals surface area (Å²) >= 11 is 0. The fraction of sp³-hybridized carbons (Fsp3) is 0.714. The minimum Gasteiger partial charge on any atom is -0.481 e. The highest BCUT2D eigenvalue weighted by atomic mass is 16.4. The summed E-state index contributed by atoms with van der Waals surface area (Å²) in [5.41, 5.74) is 2.61. The molecule has 76 valence electrons. The molecule has 0 saturated carbocycles. The molecule has 3 N–H and O–H groups in total. The summed E-state index contributed by atoms with van der Waals surface area (Å²) in [7, 11) is 3.30. The first-order valence-electron chi connectivity index (χ1n) is 3.81. The van der Waals surface area contributed by atoms with Crippen molar-refractivity contribution >= 4 is 11.9 Å².